The van der Waals surface area contributed by atoms with Gasteiger partial charge in [-0.3, -0.25) is 24.5 Å². The smallest absolute Gasteiger partial charge is 0.277 e. The number of carbonyl (C=O) groups is 3. The van der Waals surface area contributed by atoms with Crippen molar-refractivity contribution in [1.29, 1.82) is 0 Å². The maximum Gasteiger partial charge on any atom is 0.330 e. The molecule has 2 rings (SSSR count). The minimum Gasteiger partial charge on any atom is -0.277 e. The van der Waals surface area contributed by atoms with Gasteiger partial charge in [-0.25, -0.2) is 4.79 Å². The molecule has 1 N–H and O–H groups in total. The van der Waals surface area contributed by atoms with Crippen molar-refractivity contribution >= 4 is 17.8 Å². The number of aromatic nitrogens is 3. The Balaban J connectivity index is 2.05. The van der Waals surface area contributed by atoms with Crippen LogP contribution in [0.2, 0.25) is 0 Å². The van der Waals surface area contributed by atoms with Crippen molar-refractivity contribution in [3.05, 3.63) is 12.4 Å². The molecule has 21 heavy (non-hydrogen) atoms. The van der Waals surface area contributed by atoms with E-state index in [4.69, 9.17) is 0 Å². The van der Waals surface area contributed by atoms with Crippen LogP contribution in [0.5, 0.6) is 0 Å². The first-order valence-electron chi connectivity index (χ1n) is 7.06. The van der Waals surface area contributed by atoms with E-state index in [-0.39, 0.29) is 6.54 Å². The summed E-state index contributed by atoms with van der Waals surface area (Å²) in [7, 11) is 0. The lowest BCUT2D eigenvalue weighted by Gasteiger charge is -2.38. The summed E-state index contributed by atoms with van der Waals surface area (Å²) >= 11 is 0. The maximum absolute atomic E-state index is 12.5. The van der Waals surface area contributed by atoms with Crippen LogP contribution in [0.4, 0.5) is 4.79 Å². The Hall–Kier alpha value is -2.25. The summed E-state index contributed by atoms with van der Waals surface area (Å²) in [5.41, 5.74) is -1.12. The van der Waals surface area contributed by atoms with Gasteiger partial charge in [-0.05, 0) is 19.3 Å². The Morgan fingerprint density at radius 2 is 1.90 bits per heavy atom. The summed E-state index contributed by atoms with van der Waals surface area (Å²) in [4.78, 5) is 37.5. The highest BCUT2D eigenvalue weighted by Crippen LogP contribution is 2.32. The van der Waals surface area contributed by atoms with Crippen molar-refractivity contribution < 1.29 is 14.4 Å². The summed E-state index contributed by atoms with van der Waals surface area (Å²) in [6.07, 6.45) is 4.59. The van der Waals surface area contributed by atoms with Crippen molar-refractivity contribution in [1.82, 2.24) is 25.2 Å². The molecule has 8 nitrogen and oxygen atoms in total. The number of hydrogen-bond donors (Lipinski definition) is 1. The number of barbiturate groups is 1. The maximum atomic E-state index is 12.5. The SMILES string of the molecule is CCC1(CC)C(=O)NC(=O)N(CCCn2ccnn2)C1=O. The number of aryl methyl sites for hydroxylation is 1. The molecule has 2 heterocycles. The van der Waals surface area contributed by atoms with Gasteiger partial charge in [0.2, 0.25) is 11.8 Å². The van der Waals surface area contributed by atoms with Gasteiger partial charge < -0.3 is 0 Å². The fourth-order valence-electron chi connectivity index (χ4n) is 2.55. The van der Waals surface area contributed by atoms with Crippen LogP contribution in [-0.2, 0) is 16.1 Å². The minimum atomic E-state index is -1.12. The summed E-state index contributed by atoms with van der Waals surface area (Å²) in [5.74, 6) is -0.894. The highest BCUT2D eigenvalue weighted by molar-refractivity contribution is 6.19. The predicted molar refractivity (Wildman–Crippen MR) is 72.9 cm³/mol. The molecule has 1 aromatic rings. The fraction of sp³-hybridized carbons (Fsp3) is 0.615. The molecule has 0 atom stereocenters. The van der Waals surface area contributed by atoms with Crippen molar-refractivity contribution in [2.45, 2.75) is 39.7 Å². The summed E-state index contributed by atoms with van der Waals surface area (Å²) in [5, 5.41) is 9.79. The van der Waals surface area contributed by atoms with Crippen LogP contribution in [0.1, 0.15) is 33.1 Å². The number of hydrogen-bond acceptors (Lipinski definition) is 5. The molecule has 1 aliphatic rings. The Labute approximate surface area is 122 Å². The molecule has 8 heteroatoms. The predicted octanol–water partition coefficient (Wildman–Crippen LogP) is 0.553. The molecule has 0 aromatic carbocycles. The van der Waals surface area contributed by atoms with Crippen LogP contribution < -0.4 is 5.32 Å². The minimum absolute atomic E-state index is 0.250. The molecular formula is C13H19N5O3. The first-order chi connectivity index (χ1) is 10.0. The first-order valence-corrected chi connectivity index (χ1v) is 7.06. The third-order valence-corrected chi connectivity index (χ3v) is 4.00. The van der Waals surface area contributed by atoms with E-state index >= 15 is 0 Å². The van der Waals surface area contributed by atoms with Crippen molar-refractivity contribution in [3.8, 4) is 0 Å². The molecule has 0 saturated carbocycles. The highest BCUT2D eigenvalue weighted by atomic mass is 16.2. The van der Waals surface area contributed by atoms with Gasteiger partial charge >= 0.3 is 6.03 Å². The Morgan fingerprint density at radius 1 is 1.19 bits per heavy atom. The average Bonchev–Trinajstić information content (AvgIpc) is 2.97. The third-order valence-electron chi connectivity index (χ3n) is 4.00. The highest BCUT2D eigenvalue weighted by Gasteiger charge is 2.51. The Morgan fingerprint density at radius 3 is 2.48 bits per heavy atom. The van der Waals surface area contributed by atoms with Gasteiger partial charge in [-0.15, -0.1) is 5.10 Å². The van der Waals surface area contributed by atoms with Crippen LogP contribution in [-0.4, -0.2) is 44.3 Å². The lowest BCUT2D eigenvalue weighted by atomic mass is 9.78. The van der Waals surface area contributed by atoms with Gasteiger partial charge in [0.05, 0.1) is 6.20 Å². The van der Waals surface area contributed by atoms with Crippen LogP contribution in [0, 0.1) is 5.41 Å². The van der Waals surface area contributed by atoms with Crippen molar-refractivity contribution in [2.24, 2.45) is 5.41 Å². The lowest BCUT2D eigenvalue weighted by molar-refractivity contribution is -0.152. The zero-order valence-electron chi connectivity index (χ0n) is 12.2. The Kier molecular flexibility index (Phi) is 4.35. The topological polar surface area (TPSA) is 97.2 Å². The zero-order chi connectivity index (χ0) is 15.5. The first kappa shape index (κ1) is 15.1. The molecule has 0 bridgehead atoms. The largest absolute Gasteiger partial charge is 0.330 e. The van der Waals surface area contributed by atoms with Gasteiger partial charge in [0.25, 0.3) is 0 Å². The molecule has 1 aromatic heterocycles. The molecule has 0 unspecified atom stereocenters. The van der Waals surface area contributed by atoms with Gasteiger partial charge in [-0.2, -0.15) is 0 Å². The van der Waals surface area contributed by atoms with Crippen molar-refractivity contribution in [3.63, 3.8) is 0 Å². The lowest BCUT2D eigenvalue weighted by Crippen LogP contribution is -2.63. The van der Waals surface area contributed by atoms with Crippen LogP contribution >= 0.6 is 0 Å². The summed E-state index contributed by atoms with van der Waals surface area (Å²) < 4.78 is 1.63. The quantitative estimate of drug-likeness (QED) is 0.773. The molecule has 114 valence electrons. The molecule has 1 aliphatic heterocycles. The van der Waals surface area contributed by atoms with E-state index < -0.39 is 23.3 Å². The van der Waals surface area contributed by atoms with Crippen LogP contribution in [0.25, 0.3) is 0 Å². The monoisotopic (exact) mass is 293 g/mol. The molecule has 0 spiro atoms. The number of nitrogens with zero attached hydrogens (tertiary/aromatic N) is 4. The second-order valence-electron chi connectivity index (χ2n) is 5.02. The van der Waals surface area contributed by atoms with Gasteiger partial charge in [0, 0.05) is 19.3 Å². The van der Waals surface area contributed by atoms with E-state index in [0.29, 0.717) is 25.8 Å². The van der Waals surface area contributed by atoms with Crippen LogP contribution in [0.15, 0.2) is 12.4 Å². The van der Waals surface area contributed by atoms with E-state index in [1.807, 2.05) is 0 Å². The number of nitrogens with one attached hydrogen (secondary N) is 1. The molecule has 0 aliphatic carbocycles. The number of amides is 4. The zero-order valence-corrected chi connectivity index (χ0v) is 12.2. The van der Waals surface area contributed by atoms with E-state index in [1.54, 1.807) is 30.9 Å². The van der Waals surface area contributed by atoms with E-state index in [2.05, 4.69) is 15.6 Å². The van der Waals surface area contributed by atoms with Gasteiger partial charge in [0.1, 0.15) is 5.41 Å². The van der Waals surface area contributed by atoms with Crippen molar-refractivity contribution in [2.75, 3.05) is 6.54 Å². The normalized spacial score (nSPS) is 18.0. The summed E-state index contributed by atoms with van der Waals surface area (Å²) in [6, 6.07) is -0.638. The summed E-state index contributed by atoms with van der Waals surface area (Å²) in [6.45, 7) is 4.37. The number of urea groups is 1. The van der Waals surface area contributed by atoms with Gasteiger partial charge in [0.15, 0.2) is 0 Å². The second kappa shape index (κ2) is 6.02. The van der Waals surface area contributed by atoms with Gasteiger partial charge in [-0.1, -0.05) is 19.1 Å². The second-order valence-corrected chi connectivity index (χ2v) is 5.02. The molecule has 1 saturated heterocycles. The third kappa shape index (κ3) is 2.65. The molecule has 4 amide bonds. The molecular weight excluding hydrogens is 274 g/mol. The Bertz CT molecular complexity index is 536. The molecule has 0 radical (unpaired) electrons. The van der Waals surface area contributed by atoms with Crippen LogP contribution in [0.3, 0.4) is 0 Å². The van der Waals surface area contributed by atoms with E-state index in [0.717, 1.165) is 4.90 Å². The average molecular weight is 293 g/mol. The molecule has 1 fully saturated rings. The van der Waals surface area contributed by atoms with E-state index in [9.17, 15) is 14.4 Å². The number of rotatable bonds is 6. The fourth-order valence-corrected chi connectivity index (χ4v) is 2.55. The van der Waals surface area contributed by atoms with E-state index in [1.165, 1.54) is 0 Å². The standard InChI is InChI=1S/C13H19N5O3/c1-3-13(4-2)10(19)15-12(21)18(11(13)20)8-5-7-17-9-6-14-16-17/h6,9H,3-5,7-8H2,1-2H3,(H,15,19,21). The number of imide groups is 2. The number of carbonyl (C=O) groups excluding carboxylic acids is 3.